The molecule has 1 fully saturated rings. The van der Waals surface area contributed by atoms with Crippen LogP contribution in [-0.2, 0) is 12.0 Å². The quantitative estimate of drug-likeness (QED) is 0.918. The smallest absolute Gasteiger partial charge is 0.341 e. The first-order valence-electron chi connectivity index (χ1n) is 8.12. The van der Waals surface area contributed by atoms with Crippen molar-refractivity contribution in [3.8, 4) is 23.0 Å². The topological polar surface area (TPSA) is 90.7 Å². The number of ether oxygens (including phenoxy) is 2. The average molecular weight is 342 g/mol. The first-order valence-corrected chi connectivity index (χ1v) is 8.12. The number of carbonyl (C=O) groups is 1. The Hall–Kier alpha value is -2.83. The zero-order valence-corrected chi connectivity index (χ0v) is 14.0. The van der Waals surface area contributed by atoms with Gasteiger partial charge in [0, 0.05) is 17.8 Å². The minimum absolute atomic E-state index is 0.193. The highest BCUT2D eigenvalue weighted by Crippen LogP contribution is 2.49. The van der Waals surface area contributed by atoms with Crippen molar-refractivity contribution in [1.82, 2.24) is 9.55 Å². The van der Waals surface area contributed by atoms with E-state index >= 15 is 0 Å². The van der Waals surface area contributed by atoms with Gasteiger partial charge in [0.1, 0.15) is 5.56 Å². The number of nitrogens with zero attached hydrogens (tertiary/aromatic N) is 2. The van der Waals surface area contributed by atoms with Crippen molar-refractivity contribution in [3.63, 3.8) is 0 Å². The summed E-state index contributed by atoms with van der Waals surface area (Å²) >= 11 is 0. The molecule has 7 nitrogen and oxygen atoms in total. The molecule has 0 bridgehead atoms. The molecule has 2 aromatic rings. The van der Waals surface area contributed by atoms with Gasteiger partial charge in [-0.05, 0) is 37.3 Å². The molecule has 0 amide bonds. The lowest BCUT2D eigenvalue weighted by Crippen LogP contribution is -2.46. The van der Waals surface area contributed by atoms with Gasteiger partial charge in [0.2, 0.25) is 0 Å². The molecule has 0 saturated heterocycles. The fraction of sp³-hybridized carbons (Fsp3) is 0.389. The number of pyridine rings is 2. The molecule has 0 aromatic carbocycles. The zero-order chi connectivity index (χ0) is 17.8. The summed E-state index contributed by atoms with van der Waals surface area (Å²) in [6.45, 7) is 0. The van der Waals surface area contributed by atoms with Crippen molar-refractivity contribution in [2.75, 3.05) is 14.2 Å². The van der Waals surface area contributed by atoms with Crippen LogP contribution in [0.1, 0.15) is 35.2 Å². The Bertz CT molecular complexity index is 943. The molecule has 3 heterocycles. The Balaban J connectivity index is 2.01. The van der Waals surface area contributed by atoms with Gasteiger partial charge in [-0.3, -0.25) is 4.79 Å². The largest absolute Gasteiger partial charge is 0.491 e. The summed E-state index contributed by atoms with van der Waals surface area (Å²) in [7, 11) is 3.07. The lowest BCUT2D eigenvalue weighted by molar-refractivity contribution is 0.0691. The molecule has 0 unspecified atom stereocenters. The van der Waals surface area contributed by atoms with E-state index in [1.165, 1.54) is 19.4 Å². The van der Waals surface area contributed by atoms with Gasteiger partial charge in [0.15, 0.2) is 11.2 Å². The second-order valence-corrected chi connectivity index (χ2v) is 6.57. The van der Waals surface area contributed by atoms with Crippen LogP contribution in [0.4, 0.5) is 0 Å². The number of methoxy groups -OCH3 is 2. The summed E-state index contributed by atoms with van der Waals surface area (Å²) in [5, 5.41) is 9.31. The maximum atomic E-state index is 12.3. The maximum absolute atomic E-state index is 12.3. The first-order chi connectivity index (χ1) is 12.0. The predicted molar refractivity (Wildman–Crippen MR) is 89.5 cm³/mol. The molecule has 2 aliphatic rings. The van der Waals surface area contributed by atoms with E-state index < -0.39 is 11.4 Å². The van der Waals surface area contributed by atoms with Gasteiger partial charge in [-0.1, -0.05) is 0 Å². The van der Waals surface area contributed by atoms with Crippen LogP contribution in [0, 0.1) is 0 Å². The highest BCUT2D eigenvalue weighted by molar-refractivity contribution is 5.87. The van der Waals surface area contributed by atoms with E-state index in [1.54, 1.807) is 7.11 Å². The molecule has 1 N–H and O–H groups in total. The summed E-state index contributed by atoms with van der Waals surface area (Å²) in [5.41, 5.74) is 1.35. The third kappa shape index (κ3) is 2.15. The number of rotatable bonds is 3. The third-order valence-corrected chi connectivity index (χ3v) is 5.29. The molecule has 1 saturated carbocycles. The number of aromatic nitrogens is 2. The van der Waals surface area contributed by atoms with E-state index in [0.717, 1.165) is 31.2 Å². The SMILES string of the molecule is COc1cc2c(nc1OC)-c1cc(=O)c(C(=O)O)cn1C1(CCC1)C2. The minimum atomic E-state index is -1.21. The van der Waals surface area contributed by atoms with Gasteiger partial charge in [0.05, 0.1) is 25.6 Å². The van der Waals surface area contributed by atoms with E-state index in [4.69, 9.17) is 9.47 Å². The summed E-state index contributed by atoms with van der Waals surface area (Å²) in [6, 6.07) is 3.28. The van der Waals surface area contributed by atoms with Crippen molar-refractivity contribution >= 4 is 5.97 Å². The van der Waals surface area contributed by atoms with Crippen LogP contribution in [-0.4, -0.2) is 34.8 Å². The van der Waals surface area contributed by atoms with Crippen molar-refractivity contribution in [1.29, 1.82) is 0 Å². The van der Waals surface area contributed by atoms with Crippen LogP contribution < -0.4 is 14.9 Å². The van der Waals surface area contributed by atoms with Crippen LogP contribution in [0.5, 0.6) is 11.6 Å². The van der Waals surface area contributed by atoms with E-state index in [9.17, 15) is 14.7 Å². The fourth-order valence-electron chi connectivity index (χ4n) is 3.88. The van der Waals surface area contributed by atoms with Gasteiger partial charge in [-0.15, -0.1) is 0 Å². The minimum Gasteiger partial charge on any atom is -0.491 e. The predicted octanol–water partition coefficient (Wildman–Crippen LogP) is 2.06. The lowest BCUT2D eigenvalue weighted by Gasteiger charge is -2.48. The van der Waals surface area contributed by atoms with Crippen molar-refractivity contribution < 1.29 is 19.4 Å². The zero-order valence-electron chi connectivity index (χ0n) is 14.0. The Labute approximate surface area is 143 Å². The molecule has 7 heteroatoms. The van der Waals surface area contributed by atoms with Crippen LogP contribution >= 0.6 is 0 Å². The van der Waals surface area contributed by atoms with E-state index in [-0.39, 0.29) is 11.1 Å². The van der Waals surface area contributed by atoms with Gasteiger partial charge in [-0.25, -0.2) is 9.78 Å². The fourth-order valence-corrected chi connectivity index (χ4v) is 3.88. The molecule has 130 valence electrons. The molecule has 4 rings (SSSR count). The van der Waals surface area contributed by atoms with E-state index in [2.05, 4.69) is 4.98 Å². The normalized spacial score (nSPS) is 16.6. The average Bonchev–Trinajstić information content (AvgIpc) is 2.57. The molecule has 25 heavy (non-hydrogen) atoms. The summed E-state index contributed by atoms with van der Waals surface area (Å²) < 4.78 is 12.6. The molecule has 2 aromatic heterocycles. The van der Waals surface area contributed by atoms with Gasteiger partial charge in [0.25, 0.3) is 5.88 Å². The molecule has 1 aliphatic carbocycles. The first kappa shape index (κ1) is 15.7. The standard InChI is InChI=1S/C18H18N2O5/c1-24-14-6-10-8-18(4-3-5-18)20-9-11(17(22)23)13(21)7-12(20)15(10)19-16(14)25-2/h6-7,9H,3-5,8H2,1-2H3,(H,22,23). The summed E-state index contributed by atoms with van der Waals surface area (Å²) in [5.74, 6) is -0.318. The summed E-state index contributed by atoms with van der Waals surface area (Å²) in [6.07, 6.45) is 5.15. The second-order valence-electron chi connectivity index (χ2n) is 6.57. The van der Waals surface area contributed by atoms with Crippen LogP contribution in [0.3, 0.4) is 0 Å². The van der Waals surface area contributed by atoms with Gasteiger partial charge >= 0.3 is 5.97 Å². The molecular weight excluding hydrogens is 324 g/mol. The molecule has 1 aliphatic heterocycles. The number of carboxylic acid groups (broad SMARTS) is 1. The summed E-state index contributed by atoms with van der Waals surface area (Å²) in [4.78, 5) is 28.2. The highest BCUT2D eigenvalue weighted by atomic mass is 16.5. The van der Waals surface area contributed by atoms with Crippen LogP contribution in [0.25, 0.3) is 11.4 Å². The monoisotopic (exact) mass is 342 g/mol. The van der Waals surface area contributed by atoms with Crippen LogP contribution in [0.2, 0.25) is 0 Å². The van der Waals surface area contributed by atoms with E-state index in [1.807, 2.05) is 10.6 Å². The Morgan fingerprint density at radius 1 is 1.28 bits per heavy atom. The number of hydrogen-bond acceptors (Lipinski definition) is 5. The van der Waals surface area contributed by atoms with Crippen molar-refractivity contribution in [3.05, 3.63) is 39.7 Å². The molecular formula is C18H18N2O5. The Morgan fingerprint density at radius 3 is 2.60 bits per heavy atom. The number of carboxylic acids is 1. The van der Waals surface area contributed by atoms with Gasteiger partial charge < -0.3 is 19.1 Å². The lowest BCUT2D eigenvalue weighted by atomic mass is 9.70. The Kier molecular flexibility index (Phi) is 3.35. The molecule has 0 radical (unpaired) electrons. The number of hydrogen-bond donors (Lipinski definition) is 1. The Morgan fingerprint density at radius 2 is 2.04 bits per heavy atom. The van der Waals surface area contributed by atoms with E-state index in [0.29, 0.717) is 23.0 Å². The van der Waals surface area contributed by atoms with Crippen molar-refractivity contribution in [2.45, 2.75) is 31.2 Å². The van der Waals surface area contributed by atoms with Gasteiger partial charge in [-0.2, -0.15) is 0 Å². The van der Waals surface area contributed by atoms with Crippen molar-refractivity contribution in [2.24, 2.45) is 0 Å². The maximum Gasteiger partial charge on any atom is 0.341 e. The highest BCUT2D eigenvalue weighted by Gasteiger charge is 2.44. The molecule has 0 atom stereocenters. The van der Waals surface area contributed by atoms with Crippen LogP contribution in [0.15, 0.2) is 23.1 Å². The molecule has 1 spiro atoms. The second kappa shape index (κ2) is 5.34. The third-order valence-electron chi connectivity index (χ3n) is 5.29. The number of fused-ring (bicyclic) bond motifs is 4. The number of aromatic carboxylic acids is 1.